The highest BCUT2D eigenvalue weighted by Gasteiger charge is 2.18. The molecule has 0 saturated heterocycles. The summed E-state index contributed by atoms with van der Waals surface area (Å²) in [6, 6.07) is 14.1. The van der Waals surface area contributed by atoms with Crippen molar-refractivity contribution in [3.8, 4) is 5.69 Å². The normalized spacial score (nSPS) is 11.0. The van der Waals surface area contributed by atoms with Gasteiger partial charge in [-0.25, -0.2) is 14.6 Å². The summed E-state index contributed by atoms with van der Waals surface area (Å²) in [7, 11) is 1.59. The molecule has 2 N–H and O–H groups in total. The topological polar surface area (TPSA) is 94.0 Å². The van der Waals surface area contributed by atoms with Crippen LogP contribution in [0.4, 0.5) is 5.82 Å². The second kappa shape index (κ2) is 10.2. The van der Waals surface area contributed by atoms with Gasteiger partial charge in [0.15, 0.2) is 11.5 Å². The van der Waals surface area contributed by atoms with Crippen molar-refractivity contribution in [1.82, 2.24) is 25.1 Å². The second-order valence-corrected chi connectivity index (χ2v) is 8.16. The summed E-state index contributed by atoms with van der Waals surface area (Å²) in [6.45, 7) is 3.00. The van der Waals surface area contributed by atoms with E-state index < -0.39 is 0 Å². The van der Waals surface area contributed by atoms with E-state index in [0.717, 1.165) is 16.8 Å². The van der Waals surface area contributed by atoms with E-state index in [-0.39, 0.29) is 12.5 Å². The number of rotatable bonds is 8. The number of carbonyl (C=O) groups is 1. The van der Waals surface area contributed by atoms with Gasteiger partial charge in [0.2, 0.25) is 0 Å². The lowest BCUT2D eigenvalue weighted by atomic mass is 10.2. The van der Waals surface area contributed by atoms with Crippen LogP contribution in [0.5, 0.6) is 0 Å². The second-order valence-electron chi connectivity index (χ2n) is 7.29. The van der Waals surface area contributed by atoms with E-state index in [9.17, 15) is 4.79 Å². The van der Waals surface area contributed by atoms with Gasteiger partial charge in [-0.3, -0.25) is 4.79 Å². The summed E-state index contributed by atoms with van der Waals surface area (Å²) < 4.78 is 6.99. The fraction of sp³-hybridized carbons (Fsp3) is 0.217. The summed E-state index contributed by atoms with van der Waals surface area (Å²) in [5.41, 5.74) is 2.75. The number of nitrogens with zero attached hydrogens (tertiary/aromatic N) is 4. The molecule has 10 heteroatoms. The molecule has 4 rings (SSSR count). The number of carbonyl (C=O) groups excluding carboxylic acids is 1. The molecule has 0 saturated carbocycles. The van der Waals surface area contributed by atoms with Gasteiger partial charge < -0.3 is 15.4 Å². The van der Waals surface area contributed by atoms with Crippen molar-refractivity contribution in [1.29, 1.82) is 0 Å². The summed E-state index contributed by atoms with van der Waals surface area (Å²) >= 11 is 12.1. The van der Waals surface area contributed by atoms with Crippen LogP contribution >= 0.6 is 23.2 Å². The third-order valence-electron chi connectivity index (χ3n) is 4.88. The van der Waals surface area contributed by atoms with E-state index in [2.05, 4.69) is 25.7 Å². The van der Waals surface area contributed by atoms with Crippen molar-refractivity contribution in [3.63, 3.8) is 0 Å². The highest BCUT2D eigenvalue weighted by molar-refractivity contribution is 6.31. The standard InChI is InChI=1S/C23H22Cl2N6O2/c1-14-20-21(26-10-11-27-23(32)15-6-8-16(24)9-7-15)28-19(13-33-2)29-22(20)31(30-14)18-5-3-4-17(25)12-18/h3-9,12H,10-11,13H2,1-2H3,(H,27,32)(H,26,28,29). The zero-order chi connectivity index (χ0) is 23.4. The molecule has 0 atom stereocenters. The van der Waals surface area contributed by atoms with Crippen molar-refractivity contribution in [2.45, 2.75) is 13.5 Å². The molecule has 1 amide bonds. The molecule has 33 heavy (non-hydrogen) atoms. The maximum atomic E-state index is 12.3. The average molecular weight is 485 g/mol. The lowest BCUT2D eigenvalue weighted by molar-refractivity contribution is 0.0955. The largest absolute Gasteiger partial charge is 0.377 e. The van der Waals surface area contributed by atoms with Crippen LogP contribution in [0, 0.1) is 6.92 Å². The molecule has 0 aliphatic carbocycles. The number of hydrogen-bond donors (Lipinski definition) is 2. The van der Waals surface area contributed by atoms with Crippen molar-refractivity contribution in [2.24, 2.45) is 0 Å². The number of ether oxygens (including phenoxy) is 1. The van der Waals surface area contributed by atoms with Gasteiger partial charge in [-0.15, -0.1) is 0 Å². The Labute approximate surface area is 200 Å². The Bertz CT molecular complexity index is 1290. The number of aryl methyl sites for hydroxylation is 1. The number of halogens is 2. The van der Waals surface area contributed by atoms with E-state index in [1.54, 1.807) is 42.1 Å². The lowest BCUT2D eigenvalue weighted by Crippen LogP contribution is -2.29. The van der Waals surface area contributed by atoms with Crippen LogP contribution in [0.25, 0.3) is 16.7 Å². The van der Waals surface area contributed by atoms with Gasteiger partial charge in [0, 0.05) is 35.8 Å². The fourth-order valence-corrected chi connectivity index (χ4v) is 3.71. The number of methoxy groups -OCH3 is 1. The van der Waals surface area contributed by atoms with Crippen LogP contribution in [-0.2, 0) is 11.3 Å². The summed E-state index contributed by atoms with van der Waals surface area (Å²) in [4.78, 5) is 21.6. The van der Waals surface area contributed by atoms with Crippen molar-refractivity contribution in [2.75, 3.05) is 25.5 Å². The Balaban J connectivity index is 1.56. The zero-order valence-electron chi connectivity index (χ0n) is 18.1. The molecule has 8 nitrogen and oxygen atoms in total. The van der Waals surface area contributed by atoms with Gasteiger partial charge >= 0.3 is 0 Å². The van der Waals surface area contributed by atoms with Gasteiger partial charge in [-0.05, 0) is 49.4 Å². The minimum Gasteiger partial charge on any atom is -0.377 e. The minimum atomic E-state index is -0.175. The molecule has 2 heterocycles. The maximum Gasteiger partial charge on any atom is 0.251 e. The number of nitrogens with one attached hydrogen (secondary N) is 2. The summed E-state index contributed by atoms with van der Waals surface area (Å²) in [6.07, 6.45) is 0. The number of benzene rings is 2. The highest BCUT2D eigenvalue weighted by Crippen LogP contribution is 2.27. The molecule has 0 aliphatic heterocycles. The van der Waals surface area contributed by atoms with Crippen LogP contribution in [0.1, 0.15) is 21.9 Å². The molecule has 2 aromatic carbocycles. The predicted molar refractivity (Wildman–Crippen MR) is 129 cm³/mol. The van der Waals surface area contributed by atoms with Crippen LogP contribution in [0.3, 0.4) is 0 Å². The highest BCUT2D eigenvalue weighted by atomic mass is 35.5. The first-order valence-electron chi connectivity index (χ1n) is 10.2. The van der Waals surface area contributed by atoms with Gasteiger partial charge in [-0.1, -0.05) is 29.3 Å². The van der Waals surface area contributed by atoms with Crippen molar-refractivity contribution in [3.05, 3.63) is 75.7 Å². The number of hydrogen-bond acceptors (Lipinski definition) is 6. The van der Waals surface area contributed by atoms with Gasteiger partial charge in [0.1, 0.15) is 12.4 Å². The summed E-state index contributed by atoms with van der Waals surface area (Å²) in [5.74, 6) is 0.964. The van der Waals surface area contributed by atoms with Crippen molar-refractivity contribution >= 4 is 46.0 Å². The first-order valence-corrected chi connectivity index (χ1v) is 11.0. The average Bonchev–Trinajstić information content (AvgIpc) is 3.13. The maximum absolute atomic E-state index is 12.3. The SMILES string of the molecule is COCc1nc(NCCNC(=O)c2ccc(Cl)cc2)c2c(C)nn(-c3cccc(Cl)c3)c2n1. The molecule has 4 aromatic rings. The third-order valence-corrected chi connectivity index (χ3v) is 5.37. The molecule has 170 valence electrons. The Morgan fingerprint density at radius 3 is 2.58 bits per heavy atom. The molecular formula is C23H22Cl2N6O2. The van der Waals surface area contributed by atoms with E-state index in [1.165, 1.54) is 0 Å². The monoisotopic (exact) mass is 484 g/mol. The molecule has 0 radical (unpaired) electrons. The van der Waals surface area contributed by atoms with E-state index in [0.29, 0.717) is 46.0 Å². The quantitative estimate of drug-likeness (QED) is 0.359. The Morgan fingerprint density at radius 1 is 1.06 bits per heavy atom. The Kier molecular flexibility index (Phi) is 7.08. The molecular weight excluding hydrogens is 463 g/mol. The Hall–Kier alpha value is -3.20. The van der Waals surface area contributed by atoms with Crippen LogP contribution in [0.2, 0.25) is 10.0 Å². The number of aromatic nitrogens is 4. The fourth-order valence-electron chi connectivity index (χ4n) is 3.40. The first kappa shape index (κ1) is 23.0. The van der Waals surface area contributed by atoms with Gasteiger partial charge in [0.05, 0.1) is 16.8 Å². The van der Waals surface area contributed by atoms with Gasteiger partial charge in [0.25, 0.3) is 5.91 Å². The molecule has 2 aromatic heterocycles. The zero-order valence-corrected chi connectivity index (χ0v) is 19.6. The number of fused-ring (bicyclic) bond motifs is 1. The van der Waals surface area contributed by atoms with Gasteiger partial charge in [-0.2, -0.15) is 5.10 Å². The Morgan fingerprint density at radius 2 is 1.85 bits per heavy atom. The van der Waals surface area contributed by atoms with E-state index >= 15 is 0 Å². The number of amides is 1. The summed E-state index contributed by atoms with van der Waals surface area (Å²) in [5, 5.41) is 12.8. The van der Waals surface area contributed by atoms with E-state index in [4.69, 9.17) is 27.9 Å². The first-order chi connectivity index (χ1) is 16.0. The molecule has 0 fully saturated rings. The van der Waals surface area contributed by atoms with Crippen LogP contribution in [-0.4, -0.2) is 45.9 Å². The molecule has 0 aliphatic rings. The van der Waals surface area contributed by atoms with Crippen LogP contribution < -0.4 is 10.6 Å². The smallest absolute Gasteiger partial charge is 0.251 e. The number of anilines is 1. The molecule has 0 unspecified atom stereocenters. The minimum absolute atomic E-state index is 0.175. The molecule has 0 spiro atoms. The third kappa shape index (κ3) is 5.24. The molecule has 0 bridgehead atoms. The predicted octanol–water partition coefficient (Wildman–Crippen LogP) is 4.42. The van der Waals surface area contributed by atoms with Crippen LogP contribution in [0.15, 0.2) is 48.5 Å². The van der Waals surface area contributed by atoms with Crippen molar-refractivity contribution < 1.29 is 9.53 Å². The lowest BCUT2D eigenvalue weighted by Gasteiger charge is -2.11. The van der Waals surface area contributed by atoms with E-state index in [1.807, 2.05) is 25.1 Å².